The quantitative estimate of drug-likeness (QED) is 0.899. The highest BCUT2D eigenvalue weighted by molar-refractivity contribution is 5.56. The van der Waals surface area contributed by atoms with E-state index in [0.29, 0.717) is 41.9 Å². The van der Waals surface area contributed by atoms with Gasteiger partial charge in [0.25, 0.3) is 5.56 Å². The fourth-order valence-corrected chi connectivity index (χ4v) is 2.75. The largest absolute Gasteiger partial charge is 0.399 e. The van der Waals surface area contributed by atoms with Gasteiger partial charge < -0.3 is 10.5 Å². The van der Waals surface area contributed by atoms with Crippen LogP contribution in [0.5, 0.6) is 0 Å². The average Bonchev–Trinajstić information content (AvgIpc) is 2.91. The van der Waals surface area contributed by atoms with E-state index >= 15 is 0 Å². The second-order valence-corrected chi connectivity index (χ2v) is 5.89. The van der Waals surface area contributed by atoms with Crippen LogP contribution in [0.3, 0.4) is 0 Å². The third-order valence-corrected chi connectivity index (χ3v) is 4.24. The van der Waals surface area contributed by atoms with E-state index in [9.17, 15) is 9.18 Å². The molecule has 0 aliphatic heterocycles. The number of allylic oxidation sites excluding steroid dienone is 6. The summed E-state index contributed by atoms with van der Waals surface area (Å²) in [5.74, 6) is -0.329. The summed E-state index contributed by atoms with van der Waals surface area (Å²) in [6.45, 7) is 0.342. The zero-order chi connectivity index (χ0) is 17.8. The Morgan fingerprint density at radius 2 is 2.23 bits per heavy atom. The van der Waals surface area contributed by atoms with Gasteiger partial charge in [0, 0.05) is 25.8 Å². The standard InChI is InChI=1S/C19H20FN3O2.CH4/c1-25-15-4-2-3-13(17(20)11-15)9-10-23-12-22-18-8-6-14(21)5-7-16(18)19(23)24;/h2-7,11-12,15H,8-10,21H2,1H3;1H4. The molecule has 0 bridgehead atoms. The molecule has 5 nitrogen and oxygen atoms in total. The van der Waals surface area contributed by atoms with E-state index in [2.05, 4.69) is 4.98 Å². The molecule has 0 spiro atoms. The number of fused-ring (bicyclic) bond motifs is 1. The van der Waals surface area contributed by atoms with Crippen LogP contribution in [0.4, 0.5) is 4.39 Å². The SMILES string of the molecule is C.COC1C=CC=C(CCn2cnc3c(c2=O)C=CC(N)=CC3)C(F)=C1. The summed E-state index contributed by atoms with van der Waals surface area (Å²) in [5.41, 5.74) is 8.00. The number of halogens is 1. The Morgan fingerprint density at radius 1 is 1.42 bits per heavy atom. The first-order chi connectivity index (χ1) is 12.1. The molecule has 26 heavy (non-hydrogen) atoms. The lowest BCUT2D eigenvalue weighted by Crippen LogP contribution is -2.24. The van der Waals surface area contributed by atoms with Crippen LogP contribution >= 0.6 is 0 Å². The molecule has 0 fully saturated rings. The summed E-state index contributed by atoms with van der Waals surface area (Å²) in [7, 11) is 1.53. The fraction of sp³-hybridized carbons (Fsp3) is 0.300. The van der Waals surface area contributed by atoms with Crippen molar-refractivity contribution in [2.24, 2.45) is 5.73 Å². The molecule has 2 N–H and O–H groups in total. The minimum atomic E-state index is -0.381. The van der Waals surface area contributed by atoms with Crippen molar-refractivity contribution in [2.45, 2.75) is 32.9 Å². The maximum absolute atomic E-state index is 14.3. The van der Waals surface area contributed by atoms with Gasteiger partial charge in [-0.05, 0) is 30.2 Å². The highest BCUT2D eigenvalue weighted by Crippen LogP contribution is 2.21. The van der Waals surface area contributed by atoms with Crippen LogP contribution in [-0.2, 0) is 17.7 Å². The third kappa shape index (κ3) is 4.26. The van der Waals surface area contributed by atoms with E-state index in [1.165, 1.54) is 24.1 Å². The zero-order valence-electron chi connectivity index (χ0n) is 14.0. The number of ether oxygens (including phenoxy) is 1. The fourth-order valence-electron chi connectivity index (χ4n) is 2.75. The Kier molecular flexibility index (Phi) is 6.46. The van der Waals surface area contributed by atoms with E-state index in [1.54, 1.807) is 30.4 Å². The molecule has 1 aromatic rings. The smallest absolute Gasteiger partial charge is 0.260 e. The summed E-state index contributed by atoms with van der Waals surface area (Å²) >= 11 is 0. The summed E-state index contributed by atoms with van der Waals surface area (Å²) in [4.78, 5) is 17.0. The van der Waals surface area contributed by atoms with E-state index < -0.39 is 0 Å². The zero-order valence-corrected chi connectivity index (χ0v) is 14.0. The molecule has 0 aromatic carbocycles. The first-order valence-corrected chi connectivity index (χ1v) is 8.08. The Labute approximate surface area is 152 Å². The summed E-state index contributed by atoms with van der Waals surface area (Å²) in [6.07, 6.45) is 13.9. The topological polar surface area (TPSA) is 70.1 Å². The van der Waals surface area contributed by atoms with Crippen LogP contribution in [0.2, 0.25) is 0 Å². The van der Waals surface area contributed by atoms with Gasteiger partial charge in [0.2, 0.25) is 0 Å². The predicted molar refractivity (Wildman–Crippen MR) is 102 cm³/mol. The molecule has 1 atom stereocenters. The number of methoxy groups -OCH3 is 1. The normalized spacial score (nSPS) is 18.7. The summed E-state index contributed by atoms with van der Waals surface area (Å²) < 4.78 is 20.9. The van der Waals surface area contributed by atoms with Crippen molar-refractivity contribution in [1.82, 2.24) is 9.55 Å². The van der Waals surface area contributed by atoms with Crippen LogP contribution < -0.4 is 11.3 Å². The van der Waals surface area contributed by atoms with Gasteiger partial charge in [-0.3, -0.25) is 9.36 Å². The Balaban J connectivity index is 0.00000243. The van der Waals surface area contributed by atoms with Crippen molar-refractivity contribution in [2.75, 3.05) is 7.11 Å². The monoisotopic (exact) mass is 357 g/mol. The number of rotatable bonds is 4. The van der Waals surface area contributed by atoms with Crippen LogP contribution in [0.25, 0.3) is 6.08 Å². The van der Waals surface area contributed by atoms with E-state index in [0.717, 1.165) is 0 Å². The predicted octanol–water partition coefficient (Wildman–Crippen LogP) is 3.05. The number of nitrogens with zero attached hydrogens (tertiary/aromatic N) is 2. The van der Waals surface area contributed by atoms with Gasteiger partial charge in [0.05, 0.1) is 23.7 Å². The van der Waals surface area contributed by atoms with Gasteiger partial charge >= 0.3 is 0 Å². The molecule has 1 heterocycles. The Bertz CT molecular complexity index is 876. The molecule has 0 amide bonds. The lowest BCUT2D eigenvalue weighted by molar-refractivity contribution is 0.176. The molecule has 0 saturated heterocycles. The van der Waals surface area contributed by atoms with E-state index in [1.807, 2.05) is 6.08 Å². The average molecular weight is 357 g/mol. The number of hydrogen-bond donors (Lipinski definition) is 1. The molecule has 3 rings (SSSR count). The van der Waals surface area contributed by atoms with Gasteiger partial charge in [-0.25, -0.2) is 9.37 Å². The lowest BCUT2D eigenvalue weighted by atomic mass is 10.1. The molecule has 2 aliphatic carbocycles. The lowest BCUT2D eigenvalue weighted by Gasteiger charge is -2.10. The van der Waals surface area contributed by atoms with Gasteiger partial charge in [-0.1, -0.05) is 31.7 Å². The maximum atomic E-state index is 14.3. The molecular weight excluding hydrogens is 333 g/mol. The molecule has 138 valence electrons. The van der Waals surface area contributed by atoms with Crippen molar-refractivity contribution in [1.29, 1.82) is 0 Å². The van der Waals surface area contributed by atoms with Crippen molar-refractivity contribution in [3.8, 4) is 0 Å². The molecule has 0 radical (unpaired) electrons. The van der Waals surface area contributed by atoms with Crippen LogP contribution in [0.1, 0.15) is 25.1 Å². The first kappa shape index (κ1) is 19.6. The van der Waals surface area contributed by atoms with Gasteiger partial charge in [-0.2, -0.15) is 0 Å². The molecular formula is C20H24FN3O2. The molecule has 1 unspecified atom stereocenters. The summed E-state index contributed by atoms with van der Waals surface area (Å²) in [5, 5.41) is 0. The number of hydrogen-bond acceptors (Lipinski definition) is 4. The first-order valence-electron chi connectivity index (χ1n) is 8.08. The minimum absolute atomic E-state index is 0. The number of aryl methyl sites for hydroxylation is 1. The van der Waals surface area contributed by atoms with Gasteiger partial charge in [0.15, 0.2) is 0 Å². The molecule has 0 saturated carbocycles. The second-order valence-electron chi connectivity index (χ2n) is 5.89. The van der Waals surface area contributed by atoms with Crippen LogP contribution in [-0.4, -0.2) is 22.8 Å². The minimum Gasteiger partial charge on any atom is -0.399 e. The molecule has 2 aliphatic rings. The van der Waals surface area contributed by atoms with Crippen LogP contribution in [0, 0.1) is 0 Å². The highest BCUT2D eigenvalue weighted by atomic mass is 19.1. The highest BCUT2D eigenvalue weighted by Gasteiger charge is 2.13. The number of nitrogens with two attached hydrogens (primary N) is 1. The van der Waals surface area contributed by atoms with Crippen LogP contribution in [0.15, 0.2) is 64.7 Å². The molecule has 6 heteroatoms. The Hall–Kier alpha value is -2.73. The Morgan fingerprint density at radius 3 is 3.00 bits per heavy atom. The van der Waals surface area contributed by atoms with Crippen molar-refractivity contribution < 1.29 is 9.13 Å². The van der Waals surface area contributed by atoms with Crippen molar-refractivity contribution in [3.05, 3.63) is 81.5 Å². The molecule has 1 aromatic heterocycles. The van der Waals surface area contributed by atoms with E-state index in [4.69, 9.17) is 10.5 Å². The number of aromatic nitrogens is 2. The van der Waals surface area contributed by atoms with Gasteiger partial charge in [0.1, 0.15) is 5.83 Å². The van der Waals surface area contributed by atoms with Crippen molar-refractivity contribution in [3.63, 3.8) is 0 Å². The van der Waals surface area contributed by atoms with E-state index in [-0.39, 0.29) is 24.9 Å². The summed E-state index contributed by atoms with van der Waals surface area (Å²) in [6, 6.07) is 0. The van der Waals surface area contributed by atoms with Crippen molar-refractivity contribution >= 4 is 6.08 Å². The van der Waals surface area contributed by atoms with Gasteiger partial charge in [-0.15, -0.1) is 0 Å². The maximum Gasteiger partial charge on any atom is 0.260 e. The third-order valence-electron chi connectivity index (χ3n) is 4.24. The second kappa shape index (κ2) is 8.58.